The number of benzene rings is 2. The van der Waals surface area contributed by atoms with Crippen LogP contribution in [0.3, 0.4) is 0 Å². The SMILES string of the molecule is Cc1ccc(NS(=O)(=O)c2ccc(C(=O)NC3CCCc4c3cnn4C)cc2)cc1C. The summed E-state index contributed by atoms with van der Waals surface area (Å²) in [5.41, 5.74) is 5.23. The highest BCUT2D eigenvalue weighted by Crippen LogP contribution is 2.29. The van der Waals surface area contributed by atoms with Crippen molar-refractivity contribution in [2.24, 2.45) is 7.05 Å². The van der Waals surface area contributed by atoms with Gasteiger partial charge in [0.15, 0.2) is 0 Å². The van der Waals surface area contributed by atoms with E-state index < -0.39 is 10.0 Å². The molecule has 1 atom stereocenters. The van der Waals surface area contributed by atoms with E-state index in [2.05, 4.69) is 15.1 Å². The van der Waals surface area contributed by atoms with Crippen molar-refractivity contribution in [2.75, 3.05) is 4.72 Å². The first-order valence-corrected chi connectivity index (χ1v) is 11.7. The van der Waals surface area contributed by atoms with Crippen LogP contribution < -0.4 is 10.0 Å². The maximum Gasteiger partial charge on any atom is 0.261 e. The highest BCUT2D eigenvalue weighted by atomic mass is 32.2. The van der Waals surface area contributed by atoms with Crippen LogP contribution >= 0.6 is 0 Å². The van der Waals surface area contributed by atoms with E-state index in [1.807, 2.05) is 37.8 Å². The van der Waals surface area contributed by atoms with Crippen molar-refractivity contribution < 1.29 is 13.2 Å². The summed E-state index contributed by atoms with van der Waals surface area (Å²) < 4.78 is 29.9. The Morgan fingerprint density at radius 3 is 2.55 bits per heavy atom. The Hall–Kier alpha value is -3.13. The highest BCUT2D eigenvalue weighted by molar-refractivity contribution is 7.92. The third-order valence-electron chi connectivity index (χ3n) is 5.87. The summed E-state index contributed by atoms with van der Waals surface area (Å²) in [6.07, 6.45) is 4.61. The van der Waals surface area contributed by atoms with Gasteiger partial charge in [0.05, 0.1) is 17.1 Å². The second kappa shape index (κ2) is 8.19. The van der Waals surface area contributed by atoms with Crippen molar-refractivity contribution in [3.63, 3.8) is 0 Å². The lowest BCUT2D eigenvalue weighted by atomic mass is 9.93. The average Bonchev–Trinajstić information content (AvgIpc) is 3.13. The van der Waals surface area contributed by atoms with E-state index >= 15 is 0 Å². The minimum Gasteiger partial charge on any atom is -0.345 e. The zero-order chi connectivity index (χ0) is 22.2. The number of sulfonamides is 1. The topological polar surface area (TPSA) is 93.1 Å². The van der Waals surface area contributed by atoms with Gasteiger partial charge in [0.25, 0.3) is 15.9 Å². The molecule has 1 heterocycles. The van der Waals surface area contributed by atoms with Gasteiger partial charge in [0.2, 0.25) is 0 Å². The molecule has 4 rings (SSSR count). The van der Waals surface area contributed by atoms with Crippen LogP contribution in [0.5, 0.6) is 0 Å². The van der Waals surface area contributed by atoms with E-state index in [9.17, 15) is 13.2 Å². The third-order valence-corrected chi connectivity index (χ3v) is 7.26. The Labute approximate surface area is 182 Å². The Bertz CT molecular complexity index is 1230. The monoisotopic (exact) mass is 438 g/mol. The molecule has 0 aliphatic heterocycles. The number of anilines is 1. The van der Waals surface area contributed by atoms with Crippen LogP contribution in [0.4, 0.5) is 5.69 Å². The number of aryl methyl sites for hydroxylation is 3. The summed E-state index contributed by atoms with van der Waals surface area (Å²) in [7, 11) is -1.83. The van der Waals surface area contributed by atoms with E-state index in [1.54, 1.807) is 12.1 Å². The van der Waals surface area contributed by atoms with Crippen LogP contribution in [0.15, 0.2) is 53.6 Å². The molecular weight excluding hydrogens is 412 g/mol. The molecule has 1 aliphatic rings. The lowest BCUT2D eigenvalue weighted by Gasteiger charge is -2.23. The van der Waals surface area contributed by atoms with Gasteiger partial charge in [0, 0.05) is 29.6 Å². The first-order valence-electron chi connectivity index (χ1n) is 10.3. The second-order valence-electron chi connectivity index (χ2n) is 8.02. The minimum atomic E-state index is -3.74. The van der Waals surface area contributed by atoms with Crippen molar-refractivity contribution in [3.8, 4) is 0 Å². The molecule has 0 saturated carbocycles. The summed E-state index contributed by atoms with van der Waals surface area (Å²) in [6, 6.07) is 11.3. The fourth-order valence-corrected chi connectivity index (χ4v) is 4.95. The highest BCUT2D eigenvalue weighted by Gasteiger charge is 2.25. The fourth-order valence-electron chi connectivity index (χ4n) is 3.90. The molecular formula is C23H26N4O3S. The van der Waals surface area contributed by atoms with Gasteiger partial charge < -0.3 is 5.32 Å². The predicted octanol–water partition coefficient (Wildman–Crippen LogP) is 3.65. The van der Waals surface area contributed by atoms with E-state index in [0.29, 0.717) is 11.3 Å². The van der Waals surface area contributed by atoms with Crippen LogP contribution in [0, 0.1) is 13.8 Å². The van der Waals surface area contributed by atoms with Gasteiger partial charge in [-0.1, -0.05) is 6.07 Å². The predicted molar refractivity (Wildman–Crippen MR) is 120 cm³/mol. The molecule has 1 amide bonds. The lowest BCUT2D eigenvalue weighted by Crippen LogP contribution is -2.31. The van der Waals surface area contributed by atoms with Gasteiger partial charge in [0.1, 0.15) is 0 Å². The number of amides is 1. The molecule has 0 spiro atoms. The normalized spacial score (nSPS) is 15.9. The van der Waals surface area contributed by atoms with E-state index in [-0.39, 0.29) is 16.8 Å². The number of rotatable bonds is 5. The number of carbonyl (C=O) groups is 1. The molecule has 2 N–H and O–H groups in total. The molecule has 0 bridgehead atoms. The summed E-state index contributed by atoms with van der Waals surface area (Å²) in [5, 5.41) is 7.36. The van der Waals surface area contributed by atoms with Crippen molar-refractivity contribution >= 4 is 21.6 Å². The van der Waals surface area contributed by atoms with Crippen LogP contribution in [0.25, 0.3) is 0 Å². The van der Waals surface area contributed by atoms with Crippen LogP contribution in [0.2, 0.25) is 0 Å². The van der Waals surface area contributed by atoms with Crippen LogP contribution in [0.1, 0.15) is 51.6 Å². The summed E-state index contributed by atoms with van der Waals surface area (Å²) >= 11 is 0. The Balaban J connectivity index is 1.47. The number of aromatic nitrogens is 2. The molecule has 1 aliphatic carbocycles. The summed E-state index contributed by atoms with van der Waals surface area (Å²) in [5.74, 6) is -0.229. The van der Waals surface area contributed by atoms with Crippen molar-refractivity contribution in [1.82, 2.24) is 15.1 Å². The van der Waals surface area contributed by atoms with Crippen LogP contribution in [-0.4, -0.2) is 24.1 Å². The molecule has 0 fully saturated rings. The van der Waals surface area contributed by atoms with Gasteiger partial charge in [-0.05, 0) is 80.6 Å². The third kappa shape index (κ3) is 4.34. The molecule has 1 unspecified atom stereocenters. The van der Waals surface area contributed by atoms with Crippen molar-refractivity contribution in [2.45, 2.75) is 44.0 Å². The molecule has 8 heteroatoms. The van der Waals surface area contributed by atoms with Gasteiger partial charge in [-0.15, -0.1) is 0 Å². The summed E-state index contributed by atoms with van der Waals surface area (Å²) in [4.78, 5) is 12.9. The number of carbonyl (C=O) groups excluding carboxylic acids is 1. The second-order valence-corrected chi connectivity index (χ2v) is 9.70. The van der Waals surface area contributed by atoms with Crippen LogP contribution in [-0.2, 0) is 23.5 Å². The standard InChI is InChI=1S/C23H26N4O3S/c1-15-7-10-18(13-16(15)2)26-31(29,30)19-11-8-17(9-12-19)23(28)25-21-5-4-6-22-20(21)14-24-27(22)3/h7-14,21,26H,4-6H2,1-3H3,(H,25,28). The van der Waals surface area contributed by atoms with Crippen molar-refractivity contribution in [3.05, 3.63) is 76.6 Å². The number of hydrogen-bond donors (Lipinski definition) is 2. The maximum atomic E-state index is 12.7. The zero-order valence-corrected chi connectivity index (χ0v) is 18.7. The van der Waals surface area contributed by atoms with E-state index in [1.165, 1.54) is 24.3 Å². The molecule has 7 nitrogen and oxygen atoms in total. The molecule has 162 valence electrons. The van der Waals surface area contributed by atoms with Gasteiger partial charge >= 0.3 is 0 Å². The quantitative estimate of drug-likeness (QED) is 0.636. The largest absolute Gasteiger partial charge is 0.345 e. The van der Waals surface area contributed by atoms with E-state index in [0.717, 1.165) is 41.6 Å². The number of fused-ring (bicyclic) bond motifs is 1. The smallest absolute Gasteiger partial charge is 0.261 e. The molecule has 1 aromatic heterocycles. The molecule has 0 radical (unpaired) electrons. The number of hydrogen-bond acceptors (Lipinski definition) is 4. The molecule has 0 saturated heterocycles. The fraction of sp³-hybridized carbons (Fsp3) is 0.304. The Morgan fingerprint density at radius 1 is 1.10 bits per heavy atom. The first kappa shape index (κ1) is 21.1. The van der Waals surface area contributed by atoms with Gasteiger partial charge in [-0.3, -0.25) is 14.2 Å². The van der Waals surface area contributed by atoms with Crippen molar-refractivity contribution in [1.29, 1.82) is 0 Å². The average molecular weight is 439 g/mol. The number of nitrogens with zero attached hydrogens (tertiary/aromatic N) is 2. The summed E-state index contributed by atoms with van der Waals surface area (Å²) in [6.45, 7) is 3.90. The molecule has 31 heavy (non-hydrogen) atoms. The van der Waals surface area contributed by atoms with Gasteiger partial charge in [-0.25, -0.2) is 8.42 Å². The van der Waals surface area contributed by atoms with Gasteiger partial charge in [-0.2, -0.15) is 5.10 Å². The molecule has 3 aromatic rings. The maximum absolute atomic E-state index is 12.7. The first-order chi connectivity index (χ1) is 14.7. The Morgan fingerprint density at radius 2 is 1.84 bits per heavy atom. The minimum absolute atomic E-state index is 0.0835. The Kier molecular flexibility index (Phi) is 5.58. The molecule has 2 aromatic carbocycles. The number of nitrogens with one attached hydrogen (secondary N) is 2. The van der Waals surface area contributed by atoms with E-state index in [4.69, 9.17) is 0 Å². The zero-order valence-electron chi connectivity index (χ0n) is 17.8. The lowest BCUT2D eigenvalue weighted by molar-refractivity contribution is 0.0932.